The molecule has 3 amide bonds. The molecule has 30 heavy (non-hydrogen) atoms. The maximum Gasteiger partial charge on any atom is 0.321 e. The fourth-order valence-corrected chi connectivity index (χ4v) is 3.58. The summed E-state index contributed by atoms with van der Waals surface area (Å²) in [6.45, 7) is 1.24. The van der Waals surface area contributed by atoms with Gasteiger partial charge in [0.05, 0.1) is 16.7 Å². The van der Waals surface area contributed by atoms with Gasteiger partial charge in [-0.15, -0.1) is 0 Å². The molecule has 0 spiro atoms. The molecule has 4 aromatic rings. The summed E-state index contributed by atoms with van der Waals surface area (Å²) in [4.78, 5) is 34.2. The number of nitrogens with one attached hydrogen (secondary N) is 3. The quantitative estimate of drug-likeness (QED) is 0.486. The number of carbonyl (C=O) groups is 2. The van der Waals surface area contributed by atoms with E-state index in [-0.39, 0.29) is 11.9 Å². The molecular weight excluding hydrogens is 378 g/mol. The summed E-state index contributed by atoms with van der Waals surface area (Å²) in [5.41, 5.74) is 4.57. The number of hydrogen-bond acceptors (Lipinski definition) is 3. The lowest BCUT2D eigenvalue weighted by molar-refractivity contribution is 0.102. The number of aromatic amines is 1. The van der Waals surface area contributed by atoms with Crippen LogP contribution in [-0.2, 0) is 0 Å². The van der Waals surface area contributed by atoms with Crippen LogP contribution in [0.5, 0.6) is 0 Å². The Morgan fingerprint density at radius 2 is 1.73 bits per heavy atom. The molecule has 3 N–H and O–H groups in total. The zero-order valence-corrected chi connectivity index (χ0v) is 16.1. The summed E-state index contributed by atoms with van der Waals surface area (Å²) in [5.74, 6) is 0.471. The van der Waals surface area contributed by atoms with Crippen molar-refractivity contribution in [2.24, 2.45) is 0 Å². The third-order valence-electron chi connectivity index (χ3n) is 5.12. The zero-order valence-electron chi connectivity index (χ0n) is 16.1. The van der Waals surface area contributed by atoms with Gasteiger partial charge in [0.1, 0.15) is 5.82 Å². The topological polar surface area (TPSA) is 90.1 Å². The van der Waals surface area contributed by atoms with E-state index in [0.29, 0.717) is 30.2 Å². The molecule has 0 saturated carbocycles. The van der Waals surface area contributed by atoms with Crippen LogP contribution in [0.25, 0.3) is 22.4 Å². The molecule has 7 heteroatoms. The maximum atomic E-state index is 12.8. The van der Waals surface area contributed by atoms with Crippen molar-refractivity contribution in [3.8, 4) is 11.4 Å². The molecule has 5 rings (SSSR count). The van der Waals surface area contributed by atoms with Crippen LogP contribution in [0.2, 0.25) is 0 Å². The molecule has 2 heterocycles. The fraction of sp³-hybridized carbons (Fsp3) is 0.0870. The Morgan fingerprint density at radius 1 is 0.967 bits per heavy atom. The van der Waals surface area contributed by atoms with Crippen LogP contribution in [0, 0.1) is 0 Å². The summed E-state index contributed by atoms with van der Waals surface area (Å²) in [6.07, 6.45) is 0. The number of nitrogens with zero attached hydrogens (tertiary/aromatic N) is 2. The number of carbonyl (C=O) groups excluding carboxylic acids is 2. The number of amides is 3. The van der Waals surface area contributed by atoms with Crippen molar-refractivity contribution < 1.29 is 9.59 Å². The lowest BCUT2D eigenvalue weighted by Gasteiger charge is -2.14. The Morgan fingerprint density at radius 3 is 2.50 bits per heavy atom. The number of rotatable bonds is 4. The fourth-order valence-electron chi connectivity index (χ4n) is 3.58. The van der Waals surface area contributed by atoms with Gasteiger partial charge in [-0.05, 0) is 48.5 Å². The third kappa shape index (κ3) is 3.26. The molecule has 1 aliphatic rings. The van der Waals surface area contributed by atoms with Crippen LogP contribution in [0.3, 0.4) is 0 Å². The first-order valence-electron chi connectivity index (χ1n) is 9.70. The lowest BCUT2D eigenvalue weighted by atomic mass is 10.1. The van der Waals surface area contributed by atoms with Gasteiger partial charge in [-0.25, -0.2) is 9.78 Å². The maximum absolute atomic E-state index is 12.8. The number of hydrogen-bond donors (Lipinski definition) is 3. The highest BCUT2D eigenvalue weighted by molar-refractivity contribution is 6.06. The van der Waals surface area contributed by atoms with Crippen molar-refractivity contribution in [2.75, 3.05) is 23.3 Å². The Labute approximate surface area is 172 Å². The van der Waals surface area contributed by atoms with Gasteiger partial charge < -0.3 is 15.6 Å². The molecule has 0 bridgehead atoms. The van der Waals surface area contributed by atoms with Gasteiger partial charge in [-0.1, -0.05) is 24.3 Å². The van der Waals surface area contributed by atoms with E-state index in [0.717, 1.165) is 22.3 Å². The van der Waals surface area contributed by atoms with Crippen LogP contribution in [-0.4, -0.2) is 35.0 Å². The van der Waals surface area contributed by atoms with Gasteiger partial charge in [-0.2, -0.15) is 0 Å². The molecule has 1 saturated heterocycles. The predicted molar refractivity (Wildman–Crippen MR) is 117 cm³/mol. The van der Waals surface area contributed by atoms with Gasteiger partial charge in [0.15, 0.2) is 0 Å². The standard InChI is InChI=1S/C23H19N5O2/c29-22(15-9-11-16(12-10-15)28-14-13-24-23(28)30)27-18-6-2-1-5-17(18)21-25-19-7-3-4-8-20(19)26-21/h1-12H,13-14H2,(H,24,30)(H,25,26)(H,27,29). The van der Waals surface area contributed by atoms with Crippen LogP contribution in [0.1, 0.15) is 10.4 Å². The van der Waals surface area contributed by atoms with Crippen molar-refractivity contribution in [1.29, 1.82) is 0 Å². The highest BCUT2D eigenvalue weighted by Crippen LogP contribution is 2.28. The number of para-hydroxylation sites is 3. The van der Waals surface area contributed by atoms with Crippen LogP contribution in [0.4, 0.5) is 16.2 Å². The molecule has 3 aromatic carbocycles. The zero-order chi connectivity index (χ0) is 20.5. The number of anilines is 2. The lowest BCUT2D eigenvalue weighted by Crippen LogP contribution is -2.27. The summed E-state index contributed by atoms with van der Waals surface area (Å²) < 4.78 is 0. The van der Waals surface area contributed by atoms with Crippen LogP contribution in [0.15, 0.2) is 72.8 Å². The molecule has 7 nitrogen and oxygen atoms in total. The third-order valence-corrected chi connectivity index (χ3v) is 5.12. The second-order valence-corrected chi connectivity index (χ2v) is 7.03. The summed E-state index contributed by atoms with van der Waals surface area (Å²) >= 11 is 0. The van der Waals surface area contributed by atoms with Gasteiger partial charge in [0, 0.05) is 29.9 Å². The van der Waals surface area contributed by atoms with E-state index in [9.17, 15) is 9.59 Å². The van der Waals surface area contributed by atoms with Crippen molar-refractivity contribution in [3.05, 3.63) is 78.4 Å². The first kappa shape index (κ1) is 17.9. The van der Waals surface area contributed by atoms with E-state index >= 15 is 0 Å². The second-order valence-electron chi connectivity index (χ2n) is 7.03. The Balaban J connectivity index is 1.39. The highest BCUT2D eigenvalue weighted by atomic mass is 16.2. The van der Waals surface area contributed by atoms with Crippen LogP contribution >= 0.6 is 0 Å². The Bertz CT molecular complexity index is 1210. The van der Waals surface area contributed by atoms with Crippen molar-refractivity contribution in [3.63, 3.8) is 0 Å². The van der Waals surface area contributed by atoms with E-state index in [4.69, 9.17) is 0 Å². The minimum atomic E-state index is -0.226. The SMILES string of the molecule is O=C(Nc1ccccc1-c1nc2ccccc2[nH]1)c1ccc(N2CCNC2=O)cc1. The van der Waals surface area contributed by atoms with Crippen molar-refractivity contribution in [2.45, 2.75) is 0 Å². The van der Waals surface area contributed by atoms with E-state index in [2.05, 4.69) is 20.6 Å². The Hall–Kier alpha value is -4.13. The molecule has 0 radical (unpaired) electrons. The molecule has 0 atom stereocenters. The first-order chi connectivity index (χ1) is 14.7. The Kier molecular flexibility index (Phi) is 4.40. The van der Waals surface area contributed by atoms with Gasteiger partial charge >= 0.3 is 6.03 Å². The molecule has 148 valence electrons. The van der Waals surface area contributed by atoms with Gasteiger partial charge in [-0.3, -0.25) is 9.69 Å². The smallest absolute Gasteiger partial charge is 0.321 e. The minimum Gasteiger partial charge on any atom is -0.338 e. The van der Waals surface area contributed by atoms with Gasteiger partial charge in [0.2, 0.25) is 0 Å². The monoisotopic (exact) mass is 397 g/mol. The number of aromatic nitrogens is 2. The highest BCUT2D eigenvalue weighted by Gasteiger charge is 2.21. The van der Waals surface area contributed by atoms with Crippen molar-refractivity contribution >= 4 is 34.3 Å². The van der Waals surface area contributed by atoms with Crippen LogP contribution < -0.4 is 15.5 Å². The average Bonchev–Trinajstić information content (AvgIpc) is 3.40. The number of fused-ring (bicyclic) bond motifs is 1. The van der Waals surface area contributed by atoms with E-state index in [1.165, 1.54) is 0 Å². The average molecular weight is 397 g/mol. The van der Waals surface area contributed by atoms with E-state index in [1.54, 1.807) is 29.2 Å². The number of H-pyrrole nitrogens is 1. The summed E-state index contributed by atoms with van der Waals surface area (Å²) in [6, 6.07) is 22.2. The van der Waals surface area contributed by atoms with E-state index < -0.39 is 0 Å². The molecule has 1 aromatic heterocycles. The van der Waals surface area contributed by atoms with Gasteiger partial charge in [0.25, 0.3) is 5.91 Å². The number of imidazole rings is 1. The molecule has 1 aliphatic heterocycles. The molecule has 1 fully saturated rings. The normalized spacial score (nSPS) is 13.5. The predicted octanol–water partition coefficient (Wildman–Crippen LogP) is 4.01. The van der Waals surface area contributed by atoms with Crippen molar-refractivity contribution in [1.82, 2.24) is 15.3 Å². The summed E-state index contributed by atoms with van der Waals surface area (Å²) in [7, 11) is 0. The number of benzene rings is 3. The summed E-state index contributed by atoms with van der Waals surface area (Å²) in [5, 5.41) is 5.74. The first-order valence-corrected chi connectivity index (χ1v) is 9.70. The minimum absolute atomic E-state index is 0.119. The molecular formula is C23H19N5O2. The largest absolute Gasteiger partial charge is 0.338 e. The molecule has 0 aliphatic carbocycles. The van der Waals surface area contributed by atoms with E-state index in [1.807, 2.05) is 48.5 Å². The second kappa shape index (κ2) is 7.36. The molecule has 0 unspecified atom stereocenters. The number of urea groups is 1.